The quantitative estimate of drug-likeness (QED) is 0.789. The molecule has 2 aromatic rings. The molecule has 0 saturated heterocycles. The number of thioether (sulfide) groups is 1. The molecular formula is C16H20N4O2S. The molecule has 6 nitrogen and oxygen atoms in total. The number of carbonyl (C=O) groups is 1. The minimum atomic E-state index is -0.128. The van der Waals surface area contributed by atoms with E-state index in [0.717, 1.165) is 18.6 Å². The summed E-state index contributed by atoms with van der Waals surface area (Å²) in [5, 5.41) is 6.70. The van der Waals surface area contributed by atoms with Crippen LogP contribution < -0.4 is 5.32 Å². The van der Waals surface area contributed by atoms with Gasteiger partial charge in [0, 0.05) is 30.2 Å². The number of hydrogen-bond donors (Lipinski definition) is 1. The number of nitrogens with one attached hydrogen (secondary N) is 1. The Balaban J connectivity index is 1.36. The number of benzene rings is 1. The summed E-state index contributed by atoms with van der Waals surface area (Å²) < 4.78 is 5.17. The number of amides is 2. The fraction of sp³-hybridized carbons (Fsp3) is 0.438. The Hall–Kier alpha value is -2.02. The first-order valence-corrected chi connectivity index (χ1v) is 8.70. The summed E-state index contributed by atoms with van der Waals surface area (Å²) in [5.41, 5.74) is 0. The maximum Gasteiger partial charge on any atom is 0.317 e. The third-order valence-corrected chi connectivity index (χ3v) is 4.59. The van der Waals surface area contributed by atoms with Gasteiger partial charge in [-0.3, -0.25) is 0 Å². The SMILES string of the molecule is CN(CCSc1ccccc1)C(=O)NCc1noc(C2CC2)n1. The molecule has 1 aliphatic carbocycles. The van der Waals surface area contributed by atoms with Gasteiger partial charge in [-0.2, -0.15) is 4.98 Å². The van der Waals surface area contributed by atoms with E-state index in [9.17, 15) is 4.79 Å². The Morgan fingerprint density at radius 3 is 2.91 bits per heavy atom. The predicted molar refractivity (Wildman–Crippen MR) is 88.3 cm³/mol. The Morgan fingerprint density at radius 2 is 2.17 bits per heavy atom. The van der Waals surface area contributed by atoms with Crippen LogP contribution in [0.4, 0.5) is 4.79 Å². The smallest absolute Gasteiger partial charge is 0.317 e. The van der Waals surface area contributed by atoms with Gasteiger partial charge >= 0.3 is 6.03 Å². The molecule has 0 unspecified atom stereocenters. The Labute approximate surface area is 139 Å². The second kappa shape index (κ2) is 7.50. The van der Waals surface area contributed by atoms with Crippen molar-refractivity contribution in [2.45, 2.75) is 30.2 Å². The Morgan fingerprint density at radius 1 is 1.39 bits per heavy atom. The van der Waals surface area contributed by atoms with Crippen LogP contribution in [0.3, 0.4) is 0 Å². The van der Waals surface area contributed by atoms with Crippen LogP contribution in [-0.4, -0.2) is 40.4 Å². The van der Waals surface area contributed by atoms with Crippen LogP contribution in [0, 0.1) is 0 Å². The van der Waals surface area contributed by atoms with Gasteiger partial charge in [0.25, 0.3) is 0 Å². The molecule has 122 valence electrons. The normalized spacial score (nSPS) is 13.8. The highest BCUT2D eigenvalue weighted by atomic mass is 32.2. The maximum atomic E-state index is 12.0. The van der Waals surface area contributed by atoms with Crippen LogP contribution >= 0.6 is 11.8 Å². The van der Waals surface area contributed by atoms with Crippen LogP contribution in [0.5, 0.6) is 0 Å². The number of carbonyl (C=O) groups excluding carboxylic acids is 1. The van der Waals surface area contributed by atoms with Crippen molar-refractivity contribution >= 4 is 17.8 Å². The molecule has 1 heterocycles. The number of rotatable bonds is 7. The van der Waals surface area contributed by atoms with Gasteiger partial charge in [-0.15, -0.1) is 11.8 Å². The summed E-state index contributed by atoms with van der Waals surface area (Å²) in [5.74, 6) is 2.51. The molecule has 0 spiro atoms. The van der Waals surface area contributed by atoms with E-state index in [0.29, 0.717) is 30.7 Å². The van der Waals surface area contributed by atoms with E-state index in [1.54, 1.807) is 23.7 Å². The van der Waals surface area contributed by atoms with Crippen LogP contribution in [0.25, 0.3) is 0 Å². The molecule has 1 aromatic heterocycles. The van der Waals surface area contributed by atoms with Gasteiger partial charge in [0.05, 0.1) is 6.54 Å². The van der Waals surface area contributed by atoms with Gasteiger partial charge in [0.15, 0.2) is 5.82 Å². The van der Waals surface area contributed by atoms with E-state index in [2.05, 4.69) is 27.6 Å². The lowest BCUT2D eigenvalue weighted by molar-refractivity contribution is 0.210. The number of hydrogen-bond acceptors (Lipinski definition) is 5. The number of urea groups is 1. The molecule has 23 heavy (non-hydrogen) atoms. The average Bonchev–Trinajstić information content (AvgIpc) is 3.32. The minimum absolute atomic E-state index is 0.128. The third kappa shape index (κ3) is 4.72. The monoisotopic (exact) mass is 332 g/mol. The zero-order chi connectivity index (χ0) is 16.1. The van der Waals surface area contributed by atoms with Crippen LogP contribution in [-0.2, 0) is 6.54 Å². The summed E-state index contributed by atoms with van der Waals surface area (Å²) in [6, 6.07) is 10.0. The van der Waals surface area contributed by atoms with Gasteiger partial charge in [0.2, 0.25) is 5.89 Å². The molecule has 0 aliphatic heterocycles. The van der Waals surface area contributed by atoms with E-state index >= 15 is 0 Å². The molecule has 1 aromatic carbocycles. The molecule has 0 bridgehead atoms. The van der Waals surface area contributed by atoms with Gasteiger partial charge in [-0.05, 0) is 25.0 Å². The fourth-order valence-corrected chi connectivity index (χ4v) is 2.99. The Bertz CT molecular complexity index is 643. The van der Waals surface area contributed by atoms with Crippen molar-refractivity contribution in [1.29, 1.82) is 0 Å². The summed E-state index contributed by atoms with van der Waals surface area (Å²) >= 11 is 1.73. The second-order valence-electron chi connectivity index (χ2n) is 5.56. The summed E-state index contributed by atoms with van der Waals surface area (Å²) in [7, 11) is 1.78. The van der Waals surface area contributed by atoms with Crippen molar-refractivity contribution in [3.05, 3.63) is 42.0 Å². The van der Waals surface area contributed by atoms with Crippen LogP contribution in [0.1, 0.15) is 30.5 Å². The van der Waals surface area contributed by atoms with E-state index < -0.39 is 0 Å². The molecule has 0 radical (unpaired) electrons. The highest BCUT2D eigenvalue weighted by Gasteiger charge is 2.29. The van der Waals surface area contributed by atoms with Gasteiger partial charge in [-0.1, -0.05) is 23.4 Å². The first-order valence-electron chi connectivity index (χ1n) is 7.71. The molecule has 7 heteroatoms. The van der Waals surface area contributed by atoms with E-state index in [-0.39, 0.29) is 6.03 Å². The minimum Gasteiger partial charge on any atom is -0.339 e. The standard InChI is InChI=1S/C16H20N4O2S/c1-20(9-10-23-13-5-3-2-4-6-13)16(21)17-11-14-18-15(22-19-14)12-7-8-12/h2-6,12H,7-11H2,1H3,(H,17,21). The Kier molecular flexibility index (Phi) is 5.17. The van der Waals surface area contributed by atoms with E-state index in [4.69, 9.17) is 4.52 Å². The maximum absolute atomic E-state index is 12.0. The average molecular weight is 332 g/mol. The van der Waals surface area contributed by atoms with Crippen molar-refractivity contribution in [2.24, 2.45) is 0 Å². The van der Waals surface area contributed by atoms with Crippen molar-refractivity contribution in [1.82, 2.24) is 20.4 Å². The highest BCUT2D eigenvalue weighted by Crippen LogP contribution is 2.38. The van der Waals surface area contributed by atoms with E-state index in [1.807, 2.05) is 18.2 Å². The summed E-state index contributed by atoms with van der Waals surface area (Å²) in [6.07, 6.45) is 2.24. The lowest BCUT2D eigenvalue weighted by atomic mass is 10.4. The number of nitrogens with zero attached hydrogens (tertiary/aromatic N) is 3. The van der Waals surface area contributed by atoms with Gasteiger partial charge in [-0.25, -0.2) is 4.79 Å². The van der Waals surface area contributed by atoms with Gasteiger partial charge in [0.1, 0.15) is 0 Å². The molecule has 1 aliphatic rings. The summed E-state index contributed by atoms with van der Waals surface area (Å²) in [4.78, 5) is 19.2. The molecule has 1 N–H and O–H groups in total. The molecule has 2 amide bonds. The highest BCUT2D eigenvalue weighted by molar-refractivity contribution is 7.99. The van der Waals surface area contributed by atoms with Crippen molar-refractivity contribution in [3.63, 3.8) is 0 Å². The van der Waals surface area contributed by atoms with Crippen molar-refractivity contribution < 1.29 is 9.32 Å². The van der Waals surface area contributed by atoms with Crippen LogP contribution in [0.15, 0.2) is 39.8 Å². The summed E-state index contributed by atoms with van der Waals surface area (Å²) in [6.45, 7) is 0.968. The second-order valence-corrected chi connectivity index (χ2v) is 6.73. The zero-order valence-electron chi connectivity index (χ0n) is 13.1. The van der Waals surface area contributed by atoms with Crippen molar-refractivity contribution in [2.75, 3.05) is 19.3 Å². The fourth-order valence-electron chi connectivity index (χ4n) is 2.04. The lowest BCUT2D eigenvalue weighted by Crippen LogP contribution is -2.38. The molecule has 0 atom stereocenters. The largest absolute Gasteiger partial charge is 0.339 e. The lowest BCUT2D eigenvalue weighted by Gasteiger charge is -2.17. The molecule has 1 fully saturated rings. The first kappa shape index (κ1) is 15.9. The molecule has 1 saturated carbocycles. The molecule has 3 rings (SSSR count). The van der Waals surface area contributed by atoms with E-state index in [1.165, 1.54) is 4.90 Å². The first-order chi connectivity index (χ1) is 11.2. The van der Waals surface area contributed by atoms with Crippen molar-refractivity contribution in [3.8, 4) is 0 Å². The zero-order valence-corrected chi connectivity index (χ0v) is 13.9. The third-order valence-electron chi connectivity index (χ3n) is 3.59. The number of aromatic nitrogens is 2. The van der Waals surface area contributed by atoms with Crippen LogP contribution in [0.2, 0.25) is 0 Å². The topological polar surface area (TPSA) is 71.3 Å². The predicted octanol–water partition coefficient (Wildman–Crippen LogP) is 2.88. The molecular weight excluding hydrogens is 312 g/mol. The van der Waals surface area contributed by atoms with Gasteiger partial charge < -0.3 is 14.7 Å².